The van der Waals surface area contributed by atoms with Crippen LogP contribution in [-0.2, 0) is 6.54 Å². The molecule has 0 spiro atoms. The fourth-order valence-corrected chi connectivity index (χ4v) is 2.97. The van der Waals surface area contributed by atoms with Gasteiger partial charge in [-0.2, -0.15) is 13.2 Å². The van der Waals surface area contributed by atoms with Crippen molar-refractivity contribution in [1.82, 2.24) is 0 Å². The highest BCUT2D eigenvalue weighted by molar-refractivity contribution is 6.31. The molecule has 5 heteroatoms. The van der Waals surface area contributed by atoms with Crippen molar-refractivity contribution in [3.8, 4) is 0 Å². The Morgan fingerprint density at radius 1 is 1.08 bits per heavy atom. The first kappa shape index (κ1) is 19.5. The van der Waals surface area contributed by atoms with Crippen molar-refractivity contribution < 1.29 is 13.2 Å². The first-order chi connectivity index (χ1) is 11.6. The highest BCUT2D eigenvalue weighted by Gasteiger charge is 2.39. The molecule has 1 atom stereocenters. The molecular weight excluding hydrogens is 347 g/mol. The molecule has 0 bridgehead atoms. The van der Waals surface area contributed by atoms with Crippen LogP contribution in [0.5, 0.6) is 0 Å². The summed E-state index contributed by atoms with van der Waals surface area (Å²) in [6.45, 7) is 5.85. The van der Waals surface area contributed by atoms with E-state index in [9.17, 15) is 13.2 Å². The zero-order valence-corrected chi connectivity index (χ0v) is 15.2. The smallest absolute Gasteiger partial charge is 0.326 e. The monoisotopic (exact) mass is 367 g/mol. The van der Waals surface area contributed by atoms with Gasteiger partial charge in [0.05, 0.1) is 5.92 Å². The molecule has 0 heterocycles. The average Bonchev–Trinajstić information content (AvgIpc) is 2.51. The predicted molar refractivity (Wildman–Crippen MR) is 97.8 cm³/mol. The lowest BCUT2D eigenvalue weighted by Gasteiger charge is -2.19. The molecule has 0 aliphatic heterocycles. The van der Waals surface area contributed by atoms with Gasteiger partial charge in [-0.15, -0.1) is 0 Å². The van der Waals surface area contributed by atoms with E-state index in [0.717, 1.165) is 22.3 Å². The highest BCUT2D eigenvalue weighted by atomic mass is 35.5. The molecule has 25 heavy (non-hydrogen) atoms. The highest BCUT2D eigenvalue weighted by Crippen LogP contribution is 2.38. The van der Waals surface area contributed by atoms with Gasteiger partial charge in [0.2, 0.25) is 0 Å². The van der Waals surface area contributed by atoms with Gasteiger partial charge in [-0.05, 0) is 60.2 Å². The van der Waals surface area contributed by atoms with Crippen molar-refractivity contribution in [1.29, 1.82) is 0 Å². The van der Waals surface area contributed by atoms with Crippen LogP contribution in [0.25, 0.3) is 6.08 Å². The number of allylic oxidation sites excluding steroid dienone is 1. The van der Waals surface area contributed by atoms with Gasteiger partial charge in [0.15, 0.2) is 0 Å². The van der Waals surface area contributed by atoms with Crippen molar-refractivity contribution in [3.63, 3.8) is 0 Å². The lowest BCUT2D eigenvalue weighted by Crippen LogP contribution is -2.19. The van der Waals surface area contributed by atoms with Crippen molar-refractivity contribution in [2.45, 2.75) is 39.4 Å². The van der Waals surface area contributed by atoms with Gasteiger partial charge < -0.3 is 5.73 Å². The normalized spacial score (nSPS) is 13.4. The largest absolute Gasteiger partial charge is 0.399 e. The Balaban J connectivity index is 2.41. The molecule has 0 amide bonds. The molecule has 0 aromatic heterocycles. The van der Waals surface area contributed by atoms with E-state index in [1.165, 1.54) is 18.2 Å². The maximum atomic E-state index is 13.6. The van der Waals surface area contributed by atoms with Crippen LogP contribution in [0.4, 0.5) is 13.2 Å². The Bertz CT molecular complexity index is 771. The number of nitrogens with two attached hydrogens (primary N) is 1. The van der Waals surface area contributed by atoms with E-state index in [2.05, 4.69) is 0 Å². The summed E-state index contributed by atoms with van der Waals surface area (Å²) < 4.78 is 40.7. The number of rotatable bonds is 4. The third-order valence-corrected chi connectivity index (χ3v) is 4.80. The Labute approximate surface area is 151 Å². The molecule has 0 radical (unpaired) electrons. The minimum absolute atomic E-state index is 0.146. The van der Waals surface area contributed by atoms with E-state index in [-0.39, 0.29) is 5.56 Å². The number of benzene rings is 2. The molecule has 2 rings (SSSR count). The van der Waals surface area contributed by atoms with E-state index >= 15 is 0 Å². The zero-order valence-electron chi connectivity index (χ0n) is 14.4. The molecule has 2 aromatic carbocycles. The van der Waals surface area contributed by atoms with Crippen LogP contribution < -0.4 is 5.73 Å². The van der Waals surface area contributed by atoms with E-state index < -0.39 is 12.1 Å². The molecule has 2 N–H and O–H groups in total. The van der Waals surface area contributed by atoms with E-state index in [0.29, 0.717) is 17.1 Å². The van der Waals surface area contributed by atoms with Gasteiger partial charge in [0, 0.05) is 11.6 Å². The predicted octanol–water partition coefficient (Wildman–Crippen LogP) is 6.08. The lowest BCUT2D eigenvalue weighted by atomic mass is 9.93. The van der Waals surface area contributed by atoms with Crippen LogP contribution in [-0.4, -0.2) is 6.18 Å². The second-order valence-electron chi connectivity index (χ2n) is 6.21. The summed E-state index contributed by atoms with van der Waals surface area (Å²) in [7, 11) is 0. The molecule has 0 saturated carbocycles. The summed E-state index contributed by atoms with van der Waals surface area (Å²) in [6.07, 6.45) is -1.72. The molecule has 0 fully saturated rings. The second-order valence-corrected chi connectivity index (χ2v) is 6.62. The van der Waals surface area contributed by atoms with Gasteiger partial charge in [-0.1, -0.05) is 48.0 Å². The minimum Gasteiger partial charge on any atom is -0.326 e. The molecule has 0 aliphatic rings. The molecule has 1 unspecified atom stereocenters. The molecule has 0 saturated heterocycles. The summed E-state index contributed by atoms with van der Waals surface area (Å²) in [4.78, 5) is 0. The van der Waals surface area contributed by atoms with Crippen LogP contribution in [0.15, 0.2) is 36.4 Å². The standard InChI is InChI=1S/C20H21ClF3N/c1-12-9-17(10-19(21)14(12)3)18(20(22,23)24)7-5-15-4-6-16(11-25)13(2)8-15/h4-10,18H,11,25H2,1-3H3/b7-5+. The minimum atomic E-state index is -4.40. The van der Waals surface area contributed by atoms with Crippen LogP contribution >= 0.6 is 11.6 Å². The summed E-state index contributed by atoms with van der Waals surface area (Å²) >= 11 is 6.08. The van der Waals surface area contributed by atoms with Crippen LogP contribution in [0.1, 0.15) is 39.3 Å². The van der Waals surface area contributed by atoms with E-state index in [4.69, 9.17) is 17.3 Å². The van der Waals surface area contributed by atoms with Gasteiger partial charge in [0.1, 0.15) is 0 Å². The Kier molecular flexibility index (Phi) is 5.96. The van der Waals surface area contributed by atoms with Crippen LogP contribution in [0.3, 0.4) is 0 Å². The van der Waals surface area contributed by atoms with Crippen LogP contribution in [0.2, 0.25) is 5.02 Å². The summed E-state index contributed by atoms with van der Waals surface area (Å²) in [5.74, 6) is -1.71. The van der Waals surface area contributed by atoms with Gasteiger partial charge in [-0.25, -0.2) is 0 Å². The Morgan fingerprint density at radius 3 is 2.28 bits per heavy atom. The van der Waals surface area contributed by atoms with Gasteiger partial charge in [-0.3, -0.25) is 0 Å². The maximum absolute atomic E-state index is 13.6. The maximum Gasteiger partial charge on any atom is 0.399 e. The number of aryl methyl sites for hydroxylation is 2. The second kappa shape index (κ2) is 7.63. The number of alkyl halides is 3. The Hall–Kier alpha value is -1.78. The van der Waals surface area contributed by atoms with Gasteiger partial charge >= 0.3 is 6.18 Å². The van der Waals surface area contributed by atoms with Gasteiger partial charge in [0.25, 0.3) is 0 Å². The Morgan fingerprint density at radius 2 is 1.76 bits per heavy atom. The SMILES string of the molecule is Cc1cc(/C=C/C(c2cc(C)c(C)c(Cl)c2)C(F)(F)F)ccc1CN. The first-order valence-electron chi connectivity index (χ1n) is 7.94. The number of hydrogen-bond acceptors (Lipinski definition) is 1. The van der Waals surface area contributed by atoms with Crippen molar-refractivity contribution in [2.75, 3.05) is 0 Å². The fourth-order valence-electron chi connectivity index (χ4n) is 2.69. The molecule has 134 valence electrons. The molecular formula is C20H21ClF3N. The molecule has 2 aromatic rings. The third kappa shape index (κ3) is 4.65. The summed E-state index contributed by atoms with van der Waals surface area (Å²) in [5, 5.41) is 0.348. The fraction of sp³-hybridized carbons (Fsp3) is 0.300. The van der Waals surface area contributed by atoms with Crippen LogP contribution in [0, 0.1) is 20.8 Å². The van der Waals surface area contributed by atoms with Crippen molar-refractivity contribution >= 4 is 17.7 Å². The van der Waals surface area contributed by atoms with E-state index in [1.54, 1.807) is 26.0 Å². The lowest BCUT2D eigenvalue weighted by molar-refractivity contribution is -0.139. The summed E-state index contributed by atoms with van der Waals surface area (Å²) in [5.41, 5.74) is 9.95. The van der Waals surface area contributed by atoms with Crippen molar-refractivity contribution in [2.24, 2.45) is 5.73 Å². The summed E-state index contributed by atoms with van der Waals surface area (Å²) in [6, 6.07) is 8.39. The van der Waals surface area contributed by atoms with Crippen molar-refractivity contribution in [3.05, 3.63) is 74.8 Å². The third-order valence-electron chi connectivity index (χ3n) is 4.41. The first-order valence-corrected chi connectivity index (χ1v) is 8.32. The molecule has 0 aliphatic carbocycles. The quantitative estimate of drug-likeness (QED) is 0.695. The zero-order chi connectivity index (χ0) is 18.8. The number of hydrogen-bond donors (Lipinski definition) is 1. The number of halogens is 4. The topological polar surface area (TPSA) is 26.0 Å². The van der Waals surface area contributed by atoms with E-state index in [1.807, 2.05) is 19.1 Å². The average molecular weight is 368 g/mol. The molecule has 1 nitrogen and oxygen atoms in total.